The maximum absolute atomic E-state index is 6.84. The van der Waals surface area contributed by atoms with Gasteiger partial charge in [-0.1, -0.05) is 84.9 Å². The molecule has 0 unspecified atom stereocenters. The fourth-order valence-corrected chi connectivity index (χ4v) is 12.7. The van der Waals surface area contributed by atoms with Gasteiger partial charge in [-0.25, -0.2) is 0 Å². The standard InChI is InChI=1S/C62H36N2O2S2/c1-3-11-41(12-4-1)63(45-23-27-59-53(35-45)47-15-7-9-17-57(47)67-59)43-21-19-37-31-51-49-25-26-50-52-32-38-20-22-44(30-40(38)34-56(52)66-62(50)61(49)65-55(51)33-39(37)29-43)64(42-13-5-2-6-14-42)46-24-28-60-54(36-46)48-16-8-10-18-58(48)68-60/h1-36H. The van der Waals surface area contributed by atoms with Crippen LogP contribution in [0.5, 0.6) is 0 Å². The van der Waals surface area contributed by atoms with Crippen molar-refractivity contribution < 1.29 is 8.83 Å². The van der Waals surface area contributed by atoms with E-state index in [-0.39, 0.29) is 0 Å². The molecule has 0 saturated carbocycles. The molecule has 4 heterocycles. The minimum absolute atomic E-state index is 0.766. The van der Waals surface area contributed by atoms with Crippen molar-refractivity contribution in [2.45, 2.75) is 0 Å². The number of rotatable bonds is 6. The molecule has 4 nitrogen and oxygen atoms in total. The number of fused-ring (bicyclic) bond motifs is 15. The van der Waals surface area contributed by atoms with Gasteiger partial charge in [0.1, 0.15) is 11.2 Å². The van der Waals surface area contributed by atoms with Crippen molar-refractivity contribution in [3.8, 4) is 0 Å². The smallest absolute Gasteiger partial charge is 0.178 e. The van der Waals surface area contributed by atoms with Gasteiger partial charge < -0.3 is 18.6 Å². The Labute approximate surface area is 397 Å². The fourth-order valence-electron chi connectivity index (χ4n) is 10.6. The predicted octanol–water partition coefficient (Wildman–Crippen LogP) is 19.5. The Morgan fingerprint density at radius 3 is 1.12 bits per heavy atom. The van der Waals surface area contributed by atoms with E-state index in [1.54, 1.807) is 0 Å². The molecule has 68 heavy (non-hydrogen) atoms. The van der Waals surface area contributed by atoms with Crippen LogP contribution in [0.2, 0.25) is 0 Å². The van der Waals surface area contributed by atoms with Gasteiger partial charge in [0.2, 0.25) is 0 Å². The number of thiophene rings is 2. The van der Waals surface area contributed by atoms with E-state index in [1.807, 2.05) is 22.7 Å². The third kappa shape index (κ3) is 5.78. The van der Waals surface area contributed by atoms with E-state index in [1.165, 1.54) is 40.3 Å². The van der Waals surface area contributed by atoms with Gasteiger partial charge in [-0.2, -0.15) is 0 Å². The van der Waals surface area contributed by atoms with Gasteiger partial charge in [0, 0.05) is 96.0 Å². The second-order valence-corrected chi connectivity index (χ2v) is 19.8. The van der Waals surface area contributed by atoms with E-state index >= 15 is 0 Å². The maximum Gasteiger partial charge on any atom is 0.178 e. The molecule has 0 aliphatic heterocycles. The lowest BCUT2D eigenvalue weighted by Gasteiger charge is -2.26. The summed E-state index contributed by atoms with van der Waals surface area (Å²) < 4.78 is 18.9. The molecule has 0 spiro atoms. The van der Waals surface area contributed by atoms with Crippen LogP contribution in [0.4, 0.5) is 34.1 Å². The summed E-state index contributed by atoms with van der Waals surface area (Å²) in [6.45, 7) is 0. The molecule has 0 N–H and O–H groups in total. The van der Waals surface area contributed by atoms with Crippen molar-refractivity contribution in [3.05, 3.63) is 218 Å². The summed E-state index contributed by atoms with van der Waals surface area (Å²) in [5, 5.41) is 13.9. The second-order valence-electron chi connectivity index (χ2n) is 17.7. The molecule has 0 aliphatic rings. The highest BCUT2D eigenvalue weighted by molar-refractivity contribution is 7.26. The molecule has 0 aliphatic carbocycles. The third-order valence-corrected chi connectivity index (χ3v) is 16.0. The van der Waals surface area contributed by atoms with E-state index in [4.69, 9.17) is 8.83 Å². The molecule has 0 amide bonds. The SMILES string of the molecule is c1ccc(N(c2ccc3cc4c(cc3c2)oc2c4ccc3c4cc5ccc(N(c6ccccc6)c6ccc7sc8ccccc8c7c6)cc5cc4oc32)c2ccc3sc4ccccc4c3c2)cc1. The first-order valence-electron chi connectivity index (χ1n) is 22.9. The molecule has 0 fully saturated rings. The highest BCUT2D eigenvalue weighted by atomic mass is 32.1. The van der Waals surface area contributed by atoms with Crippen molar-refractivity contribution in [2.75, 3.05) is 9.80 Å². The van der Waals surface area contributed by atoms with Gasteiger partial charge in [0.15, 0.2) is 11.2 Å². The average molecular weight is 905 g/mol. The summed E-state index contributed by atoms with van der Waals surface area (Å²) in [7, 11) is 0. The number of benzene rings is 11. The summed E-state index contributed by atoms with van der Waals surface area (Å²) >= 11 is 3.69. The van der Waals surface area contributed by atoms with Gasteiger partial charge in [-0.15, -0.1) is 22.7 Å². The van der Waals surface area contributed by atoms with E-state index in [9.17, 15) is 0 Å². The highest BCUT2D eigenvalue weighted by Gasteiger charge is 2.21. The van der Waals surface area contributed by atoms with E-state index in [2.05, 4.69) is 228 Å². The number of anilines is 6. The van der Waals surface area contributed by atoms with Crippen molar-refractivity contribution in [1.29, 1.82) is 0 Å². The molecular formula is C62H36N2O2S2. The van der Waals surface area contributed by atoms with Gasteiger partial charge in [-0.05, 0) is 155 Å². The van der Waals surface area contributed by atoms with Crippen LogP contribution < -0.4 is 9.80 Å². The molecule has 318 valence electrons. The first-order chi connectivity index (χ1) is 33.6. The van der Waals surface area contributed by atoms with Crippen LogP contribution in [0.3, 0.4) is 0 Å². The number of nitrogens with zero attached hydrogens (tertiary/aromatic N) is 2. The van der Waals surface area contributed by atoms with Crippen LogP contribution in [0, 0.1) is 0 Å². The Balaban J connectivity index is 0.840. The normalized spacial score (nSPS) is 12.1. The Kier molecular flexibility index (Phi) is 8.07. The molecule has 6 heteroatoms. The molecule has 4 aromatic heterocycles. The highest BCUT2D eigenvalue weighted by Crippen LogP contribution is 2.46. The Bertz CT molecular complexity index is 4230. The zero-order chi connectivity index (χ0) is 44.5. The van der Waals surface area contributed by atoms with Crippen molar-refractivity contribution >= 4 is 163 Å². The van der Waals surface area contributed by atoms with Crippen molar-refractivity contribution in [3.63, 3.8) is 0 Å². The van der Waals surface area contributed by atoms with Gasteiger partial charge in [-0.3, -0.25) is 0 Å². The molecular weight excluding hydrogens is 869 g/mol. The number of para-hydroxylation sites is 2. The third-order valence-electron chi connectivity index (χ3n) is 13.7. The van der Waals surface area contributed by atoms with Gasteiger partial charge in [0.05, 0.1) is 0 Å². The molecule has 0 radical (unpaired) electrons. The average Bonchev–Trinajstić information content (AvgIpc) is 4.15. The minimum Gasteiger partial charge on any atom is -0.452 e. The molecule has 0 bridgehead atoms. The van der Waals surface area contributed by atoms with E-state index in [0.717, 1.165) is 99.5 Å². The van der Waals surface area contributed by atoms with Crippen molar-refractivity contribution in [1.82, 2.24) is 0 Å². The molecule has 11 aromatic carbocycles. The lowest BCUT2D eigenvalue weighted by atomic mass is 10.0. The Morgan fingerprint density at radius 1 is 0.250 bits per heavy atom. The van der Waals surface area contributed by atoms with Crippen LogP contribution in [-0.4, -0.2) is 0 Å². The van der Waals surface area contributed by atoms with Crippen molar-refractivity contribution in [2.24, 2.45) is 0 Å². The summed E-state index contributed by atoms with van der Waals surface area (Å²) in [4.78, 5) is 4.70. The zero-order valence-corrected chi connectivity index (χ0v) is 37.9. The van der Waals surface area contributed by atoms with Gasteiger partial charge >= 0.3 is 0 Å². The molecule has 15 rings (SSSR count). The first-order valence-corrected chi connectivity index (χ1v) is 24.5. The summed E-state index contributed by atoms with van der Waals surface area (Å²) in [6.07, 6.45) is 0. The maximum atomic E-state index is 6.84. The topological polar surface area (TPSA) is 32.8 Å². The minimum atomic E-state index is 0.766. The van der Waals surface area contributed by atoms with Crippen LogP contribution in [0.25, 0.3) is 106 Å². The largest absolute Gasteiger partial charge is 0.452 e. The lowest BCUT2D eigenvalue weighted by Crippen LogP contribution is -2.09. The van der Waals surface area contributed by atoms with Crippen LogP contribution in [-0.2, 0) is 0 Å². The number of hydrogen-bond donors (Lipinski definition) is 0. The van der Waals surface area contributed by atoms with Crippen LogP contribution in [0.1, 0.15) is 0 Å². The number of furan rings is 2. The second kappa shape index (κ2) is 14.5. The summed E-state index contributed by atoms with van der Waals surface area (Å²) in [5.41, 5.74) is 9.80. The summed E-state index contributed by atoms with van der Waals surface area (Å²) in [5.74, 6) is 0. The lowest BCUT2D eigenvalue weighted by molar-refractivity contribution is 0.634. The molecule has 0 atom stereocenters. The fraction of sp³-hybridized carbons (Fsp3) is 0. The Hall–Kier alpha value is -8.42. The van der Waals surface area contributed by atoms with E-state index < -0.39 is 0 Å². The van der Waals surface area contributed by atoms with Crippen LogP contribution >= 0.6 is 22.7 Å². The summed E-state index contributed by atoms with van der Waals surface area (Å²) in [6, 6.07) is 79.1. The van der Waals surface area contributed by atoms with Gasteiger partial charge in [0.25, 0.3) is 0 Å². The Morgan fingerprint density at radius 2 is 0.647 bits per heavy atom. The van der Waals surface area contributed by atoms with Crippen LogP contribution in [0.15, 0.2) is 227 Å². The van der Waals surface area contributed by atoms with E-state index in [0.29, 0.717) is 0 Å². The number of hydrogen-bond acceptors (Lipinski definition) is 6. The first kappa shape index (κ1) is 37.8. The predicted molar refractivity (Wildman–Crippen MR) is 291 cm³/mol. The zero-order valence-electron chi connectivity index (χ0n) is 36.3. The molecule has 0 saturated heterocycles. The molecule has 15 aromatic rings. The monoisotopic (exact) mass is 904 g/mol. The quantitative estimate of drug-likeness (QED) is 0.166.